The van der Waals surface area contributed by atoms with Gasteiger partial charge in [0.05, 0.1) is 27.7 Å². The van der Waals surface area contributed by atoms with Crippen LogP contribution in [-0.4, -0.2) is 46.3 Å². The van der Waals surface area contributed by atoms with Gasteiger partial charge in [-0.25, -0.2) is 4.79 Å². The molecule has 1 aliphatic carbocycles. The Morgan fingerprint density at radius 2 is 1.77 bits per heavy atom. The molecule has 0 spiro atoms. The molecule has 2 heterocycles. The molecule has 5 nitrogen and oxygen atoms in total. The molecule has 0 unspecified atom stereocenters. The van der Waals surface area contributed by atoms with E-state index in [0.29, 0.717) is 17.7 Å². The number of nitrogens with one attached hydrogen (secondary N) is 1. The topological polar surface area (TPSA) is 50.3 Å². The number of benzene rings is 1. The number of imidazole rings is 1. The second kappa shape index (κ2) is 9.16. The molecule has 2 aliphatic rings. The summed E-state index contributed by atoms with van der Waals surface area (Å²) in [5.74, 6) is 0. The van der Waals surface area contributed by atoms with Crippen molar-refractivity contribution in [3.05, 3.63) is 33.2 Å². The number of aromatic nitrogens is 2. The van der Waals surface area contributed by atoms with Crippen molar-refractivity contribution in [2.24, 2.45) is 0 Å². The van der Waals surface area contributed by atoms with Gasteiger partial charge in [0, 0.05) is 31.8 Å². The lowest BCUT2D eigenvalue weighted by molar-refractivity contribution is -0.137. The van der Waals surface area contributed by atoms with Crippen molar-refractivity contribution in [3.63, 3.8) is 0 Å². The number of hydrogen-bond acceptors (Lipinski definition) is 3. The number of rotatable bonds is 5. The first-order chi connectivity index (χ1) is 14.8. The maximum absolute atomic E-state index is 13.1. The maximum atomic E-state index is 13.1. The molecule has 0 bridgehead atoms. The largest absolute Gasteiger partial charge is 0.417 e. The Kier molecular flexibility index (Phi) is 6.70. The Hall–Kier alpha value is -1.51. The van der Waals surface area contributed by atoms with E-state index in [1.54, 1.807) is 4.57 Å². The minimum absolute atomic E-state index is 0.0467. The number of halogens is 4. The van der Waals surface area contributed by atoms with Gasteiger partial charge in [0.25, 0.3) is 0 Å². The van der Waals surface area contributed by atoms with Gasteiger partial charge < -0.3 is 14.6 Å². The highest BCUT2D eigenvalue weighted by Crippen LogP contribution is 2.38. The summed E-state index contributed by atoms with van der Waals surface area (Å²) in [6.45, 7) is 4.71. The van der Waals surface area contributed by atoms with Crippen LogP contribution in [0.15, 0.2) is 16.9 Å². The third-order valence-corrected chi connectivity index (χ3v) is 7.01. The van der Waals surface area contributed by atoms with E-state index in [0.717, 1.165) is 70.7 Å². The van der Waals surface area contributed by atoms with Gasteiger partial charge in [0.15, 0.2) is 0 Å². The molecular formula is C22H29ClF3N3O2. The van der Waals surface area contributed by atoms with Gasteiger partial charge in [-0.3, -0.25) is 4.57 Å². The fourth-order valence-electron chi connectivity index (χ4n) is 5.10. The van der Waals surface area contributed by atoms with Gasteiger partial charge in [-0.05, 0) is 57.1 Å². The molecule has 31 heavy (non-hydrogen) atoms. The summed E-state index contributed by atoms with van der Waals surface area (Å²) in [7, 11) is 0. The number of fused-ring (bicyclic) bond motifs is 1. The monoisotopic (exact) mass is 459 g/mol. The zero-order valence-corrected chi connectivity index (χ0v) is 18.4. The van der Waals surface area contributed by atoms with Crippen molar-refractivity contribution in [1.29, 1.82) is 0 Å². The van der Waals surface area contributed by atoms with Gasteiger partial charge >= 0.3 is 11.9 Å². The Morgan fingerprint density at radius 3 is 2.39 bits per heavy atom. The molecule has 0 radical (unpaired) electrons. The molecule has 1 saturated heterocycles. The van der Waals surface area contributed by atoms with Gasteiger partial charge in [-0.1, -0.05) is 18.5 Å². The molecule has 172 valence electrons. The summed E-state index contributed by atoms with van der Waals surface area (Å²) < 4.78 is 46.9. The summed E-state index contributed by atoms with van der Waals surface area (Å²) in [5.41, 5.74) is -0.689. The Balaban J connectivity index is 1.43. The van der Waals surface area contributed by atoms with E-state index in [4.69, 9.17) is 16.3 Å². The lowest BCUT2D eigenvalue weighted by Crippen LogP contribution is -2.45. The molecule has 9 heteroatoms. The zero-order chi connectivity index (χ0) is 22.2. The zero-order valence-electron chi connectivity index (χ0n) is 17.7. The van der Waals surface area contributed by atoms with E-state index in [-0.39, 0.29) is 22.3 Å². The third kappa shape index (κ3) is 4.81. The van der Waals surface area contributed by atoms with E-state index in [1.165, 1.54) is 6.07 Å². The normalized spacial score (nSPS) is 24.2. The summed E-state index contributed by atoms with van der Waals surface area (Å²) in [6.07, 6.45) is 2.88. The fraction of sp³-hybridized carbons (Fsp3) is 0.682. The highest BCUT2D eigenvalue weighted by atomic mass is 35.5. The summed E-state index contributed by atoms with van der Waals surface area (Å²) in [4.78, 5) is 17.7. The molecule has 1 N–H and O–H groups in total. The number of H-pyrrole nitrogens is 1. The van der Waals surface area contributed by atoms with Crippen molar-refractivity contribution < 1.29 is 17.9 Å². The molecule has 2 aromatic rings. The van der Waals surface area contributed by atoms with E-state index >= 15 is 0 Å². The van der Waals surface area contributed by atoms with Gasteiger partial charge in [-0.15, -0.1) is 0 Å². The van der Waals surface area contributed by atoms with Crippen LogP contribution in [0.25, 0.3) is 11.0 Å². The average Bonchev–Trinajstić information content (AvgIpc) is 3.06. The molecule has 1 aromatic heterocycles. The number of hydrogen-bond donors (Lipinski definition) is 1. The fourth-order valence-corrected chi connectivity index (χ4v) is 5.36. The second-order valence-electron chi connectivity index (χ2n) is 8.72. The summed E-state index contributed by atoms with van der Waals surface area (Å²) in [5, 5.41) is -0.382. The molecule has 1 aromatic carbocycles. The average molecular weight is 460 g/mol. The van der Waals surface area contributed by atoms with E-state index in [9.17, 15) is 18.0 Å². The third-order valence-electron chi connectivity index (χ3n) is 6.69. The highest BCUT2D eigenvalue weighted by molar-refractivity contribution is 6.32. The minimum atomic E-state index is -4.56. The molecule has 4 rings (SSSR count). The van der Waals surface area contributed by atoms with Crippen molar-refractivity contribution >= 4 is 22.6 Å². The first-order valence-electron chi connectivity index (χ1n) is 11.1. The quantitative estimate of drug-likeness (QED) is 0.653. The molecule has 1 aliphatic heterocycles. The van der Waals surface area contributed by atoms with Crippen LogP contribution >= 0.6 is 11.6 Å². The number of ether oxygens (including phenoxy) is 1. The van der Waals surface area contributed by atoms with Crippen LogP contribution in [0.4, 0.5) is 13.2 Å². The van der Waals surface area contributed by atoms with Crippen LogP contribution < -0.4 is 5.69 Å². The standard InChI is InChI=1S/C22H29ClF3N3O2/c1-2-11-31-16-5-3-14(4-6-16)28-9-7-15(8-10-28)29-20-13-18(23)17(22(24,25)26)12-19(20)27-21(29)30/h12-16H,2-11H2,1H3,(H,27,30)/t14-,16-. The van der Waals surface area contributed by atoms with Crippen molar-refractivity contribution in [3.8, 4) is 0 Å². The van der Waals surface area contributed by atoms with Crippen molar-refractivity contribution in [2.45, 2.75) is 76.2 Å². The number of likely N-dealkylation sites (tertiary alicyclic amines) is 1. The highest BCUT2D eigenvalue weighted by Gasteiger charge is 2.35. The number of piperidine rings is 1. The molecule has 1 saturated carbocycles. The van der Waals surface area contributed by atoms with Gasteiger partial charge in [0.1, 0.15) is 0 Å². The Labute approximate surface area is 184 Å². The van der Waals surface area contributed by atoms with Crippen LogP contribution in [-0.2, 0) is 10.9 Å². The minimum Gasteiger partial charge on any atom is -0.378 e. The smallest absolute Gasteiger partial charge is 0.378 e. The summed E-state index contributed by atoms with van der Waals surface area (Å²) in [6, 6.07) is 2.70. The first-order valence-corrected chi connectivity index (χ1v) is 11.5. The number of aromatic amines is 1. The predicted octanol–water partition coefficient (Wildman–Crippen LogP) is 5.38. The number of alkyl halides is 3. The number of nitrogens with zero attached hydrogens (tertiary/aromatic N) is 2. The Morgan fingerprint density at radius 1 is 1.10 bits per heavy atom. The van der Waals surface area contributed by atoms with E-state index in [2.05, 4.69) is 16.8 Å². The van der Waals surface area contributed by atoms with Crippen molar-refractivity contribution in [2.75, 3.05) is 19.7 Å². The van der Waals surface area contributed by atoms with Crippen molar-refractivity contribution in [1.82, 2.24) is 14.5 Å². The van der Waals surface area contributed by atoms with Gasteiger partial charge in [-0.2, -0.15) is 13.2 Å². The van der Waals surface area contributed by atoms with Gasteiger partial charge in [0.2, 0.25) is 0 Å². The predicted molar refractivity (Wildman–Crippen MR) is 115 cm³/mol. The van der Waals surface area contributed by atoms with Crippen LogP contribution in [0.1, 0.15) is 63.5 Å². The molecule has 2 fully saturated rings. The Bertz CT molecular complexity index is 955. The van der Waals surface area contributed by atoms with E-state index < -0.39 is 11.7 Å². The maximum Gasteiger partial charge on any atom is 0.417 e. The lowest BCUT2D eigenvalue weighted by atomic mass is 9.90. The lowest BCUT2D eigenvalue weighted by Gasteiger charge is -2.41. The first kappa shape index (κ1) is 22.7. The van der Waals surface area contributed by atoms with Crippen LogP contribution in [0, 0.1) is 0 Å². The second-order valence-corrected chi connectivity index (χ2v) is 9.12. The van der Waals surface area contributed by atoms with Crippen LogP contribution in [0.3, 0.4) is 0 Å². The molecule has 0 atom stereocenters. The van der Waals surface area contributed by atoms with E-state index in [1.807, 2.05) is 0 Å². The van der Waals surface area contributed by atoms with Crippen LogP contribution in [0.5, 0.6) is 0 Å². The molecule has 0 amide bonds. The SMILES string of the molecule is CCCO[C@H]1CC[C@H](N2CCC(n3c(=O)[nH]c4cc(C(F)(F)F)c(Cl)cc43)CC2)CC1. The molecular weight excluding hydrogens is 431 g/mol. The summed E-state index contributed by atoms with van der Waals surface area (Å²) >= 11 is 5.91. The van der Waals surface area contributed by atoms with Crippen LogP contribution in [0.2, 0.25) is 5.02 Å².